The second-order valence-corrected chi connectivity index (χ2v) is 5.54. The zero-order valence-corrected chi connectivity index (χ0v) is 13.8. The number of rotatable bonds is 6. The standard InChI is InChI=1S/C14H19BrN2O4/c1-4-21-12-6-5-10(15)7-11(12)16-14(20)17(3)8-9(2)13(18)19/h5-7,9H,4,8H2,1-3H3,(H,16,20)(H,18,19). The summed E-state index contributed by atoms with van der Waals surface area (Å²) in [5.74, 6) is -1.00. The minimum absolute atomic E-state index is 0.124. The van der Waals surface area contributed by atoms with Gasteiger partial charge >= 0.3 is 12.0 Å². The third-order valence-corrected chi connectivity index (χ3v) is 3.29. The molecule has 6 nitrogen and oxygen atoms in total. The Morgan fingerprint density at radius 2 is 2.14 bits per heavy atom. The van der Waals surface area contributed by atoms with Gasteiger partial charge in [0.2, 0.25) is 0 Å². The molecule has 1 rings (SSSR count). The van der Waals surface area contributed by atoms with Gasteiger partial charge < -0.3 is 20.1 Å². The zero-order chi connectivity index (χ0) is 16.0. The minimum atomic E-state index is -0.938. The van der Waals surface area contributed by atoms with Gasteiger partial charge in [-0.05, 0) is 25.1 Å². The molecular formula is C14H19BrN2O4. The topological polar surface area (TPSA) is 78.9 Å². The number of carbonyl (C=O) groups excluding carboxylic acids is 1. The molecule has 21 heavy (non-hydrogen) atoms. The number of urea groups is 1. The maximum atomic E-state index is 12.1. The predicted molar refractivity (Wildman–Crippen MR) is 83.8 cm³/mol. The van der Waals surface area contributed by atoms with Crippen LogP contribution in [-0.4, -0.2) is 42.2 Å². The Bertz CT molecular complexity index is 522. The minimum Gasteiger partial charge on any atom is -0.492 e. The first-order valence-electron chi connectivity index (χ1n) is 6.52. The summed E-state index contributed by atoms with van der Waals surface area (Å²) in [4.78, 5) is 24.2. The normalized spacial score (nSPS) is 11.6. The Labute approximate surface area is 132 Å². The van der Waals surface area contributed by atoms with Crippen molar-refractivity contribution in [3.05, 3.63) is 22.7 Å². The summed E-state index contributed by atoms with van der Waals surface area (Å²) in [7, 11) is 1.55. The van der Waals surface area contributed by atoms with Crippen LogP contribution in [0.3, 0.4) is 0 Å². The van der Waals surface area contributed by atoms with Gasteiger partial charge in [-0.1, -0.05) is 22.9 Å². The number of amides is 2. The summed E-state index contributed by atoms with van der Waals surface area (Å²) in [6.07, 6.45) is 0. The number of hydrogen-bond donors (Lipinski definition) is 2. The SMILES string of the molecule is CCOc1ccc(Br)cc1NC(=O)N(C)CC(C)C(=O)O. The molecule has 1 aromatic carbocycles. The van der Waals surface area contributed by atoms with E-state index in [0.717, 1.165) is 4.47 Å². The molecule has 2 N–H and O–H groups in total. The molecule has 0 heterocycles. The third kappa shape index (κ3) is 5.26. The quantitative estimate of drug-likeness (QED) is 0.818. The number of halogens is 1. The highest BCUT2D eigenvalue weighted by Gasteiger charge is 2.18. The van der Waals surface area contributed by atoms with E-state index in [4.69, 9.17) is 9.84 Å². The Kier molecular flexibility index (Phi) is 6.48. The van der Waals surface area contributed by atoms with Gasteiger partial charge in [-0.25, -0.2) is 4.79 Å². The smallest absolute Gasteiger partial charge is 0.321 e. The maximum absolute atomic E-state index is 12.1. The van der Waals surface area contributed by atoms with Crippen LogP contribution < -0.4 is 10.1 Å². The van der Waals surface area contributed by atoms with Crippen LogP contribution in [0.25, 0.3) is 0 Å². The van der Waals surface area contributed by atoms with Crippen LogP contribution in [0.4, 0.5) is 10.5 Å². The van der Waals surface area contributed by atoms with E-state index in [1.54, 1.807) is 26.1 Å². The van der Waals surface area contributed by atoms with Crippen molar-refractivity contribution in [2.75, 3.05) is 25.5 Å². The fourth-order valence-corrected chi connectivity index (χ4v) is 2.02. The number of ether oxygens (including phenoxy) is 1. The van der Waals surface area contributed by atoms with Crippen LogP contribution in [0.2, 0.25) is 0 Å². The van der Waals surface area contributed by atoms with E-state index in [0.29, 0.717) is 18.0 Å². The van der Waals surface area contributed by atoms with Gasteiger partial charge in [0.05, 0.1) is 18.2 Å². The molecule has 7 heteroatoms. The molecule has 0 bridgehead atoms. The van der Waals surface area contributed by atoms with Crippen molar-refractivity contribution in [1.29, 1.82) is 0 Å². The molecule has 0 saturated heterocycles. The maximum Gasteiger partial charge on any atom is 0.321 e. The Balaban J connectivity index is 2.78. The van der Waals surface area contributed by atoms with Gasteiger partial charge in [-0.2, -0.15) is 0 Å². The van der Waals surface area contributed by atoms with Crippen molar-refractivity contribution in [2.24, 2.45) is 5.92 Å². The van der Waals surface area contributed by atoms with Gasteiger partial charge in [-0.3, -0.25) is 4.79 Å². The summed E-state index contributed by atoms with van der Waals surface area (Å²) in [6, 6.07) is 4.92. The van der Waals surface area contributed by atoms with Gasteiger partial charge in [0, 0.05) is 18.1 Å². The number of benzene rings is 1. The van der Waals surface area contributed by atoms with E-state index in [9.17, 15) is 9.59 Å². The van der Waals surface area contributed by atoms with Crippen LogP contribution in [0, 0.1) is 5.92 Å². The van der Waals surface area contributed by atoms with E-state index in [2.05, 4.69) is 21.2 Å². The molecule has 1 unspecified atom stereocenters. The van der Waals surface area contributed by atoms with E-state index < -0.39 is 11.9 Å². The fraction of sp³-hybridized carbons (Fsp3) is 0.429. The average Bonchev–Trinajstić information content (AvgIpc) is 2.41. The van der Waals surface area contributed by atoms with Crippen molar-refractivity contribution in [3.8, 4) is 5.75 Å². The number of nitrogens with zero attached hydrogens (tertiary/aromatic N) is 1. The van der Waals surface area contributed by atoms with Crippen molar-refractivity contribution in [2.45, 2.75) is 13.8 Å². The second kappa shape index (κ2) is 7.87. The van der Waals surface area contributed by atoms with E-state index in [1.807, 2.05) is 13.0 Å². The number of hydrogen-bond acceptors (Lipinski definition) is 3. The summed E-state index contributed by atoms with van der Waals surface area (Å²) in [5.41, 5.74) is 0.533. The molecule has 1 atom stereocenters. The second-order valence-electron chi connectivity index (χ2n) is 4.62. The number of carboxylic acids is 1. The van der Waals surface area contributed by atoms with Crippen LogP contribution in [-0.2, 0) is 4.79 Å². The lowest BCUT2D eigenvalue weighted by molar-refractivity contribution is -0.141. The van der Waals surface area contributed by atoms with E-state index in [1.165, 1.54) is 4.90 Å². The molecule has 0 saturated carbocycles. The number of nitrogens with one attached hydrogen (secondary N) is 1. The highest BCUT2D eigenvalue weighted by molar-refractivity contribution is 9.10. The van der Waals surface area contributed by atoms with Gasteiger partial charge in [0.15, 0.2) is 0 Å². The molecule has 0 aliphatic heterocycles. The third-order valence-electron chi connectivity index (χ3n) is 2.80. The van der Waals surface area contributed by atoms with Crippen molar-refractivity contribution in [3.63, 3.8) is 0 Å². The first kappa shape index (κ1) is 17.3. The lowest BCUT2D eigenvalue weighted by atomic mass is 10.2. The number of anilines is 1. The zero-order valence-electron chi connectivity index (χ0n) is 12.2. The fourth-order valence-electron chi connectivity index (χ4n) is 1.66. The average molecular weight is 359 g/mol. The molecule has 0 aromatic heterocycles. The highest BCUT2D eigenvalue weighted by atomic mass is 79.9. The van der Waals surface area contributed by atoms with Crippen LogP contribution in [0.5, 0.6) is 5.75 Å². The molecule has 0 radical (unpaired) electrons. The van der Waals surface area contributed by atoms with Gasteiger partial charge in [0.1, 0.15) is 5.75 Å². The van der Waals surface area contributed by atoms with Gasteiger partial charge in [-0.15, -0.1) is 0 Å². The molecule has 0 fully saturated rings. The Morgan fingerprint density at radius 1 is 1.48 bits per heavy atom. The van der Waals surface area contributed by atoms with Crippen LogP contribution >= 0.6 is 15.9 Å². The molecule has 116 valence electrons. The van der Waals surface area contributed by atoms with Crippen LogP contribution in [0.15, 0.2) is 22.7 Å². The van der Waals surface area contributed by atoms with E-state index >= 15 is 0 Å². The Hall–Kier alpha value is -1.76. The highest BCUT2D eigenvalue weighted by Crippen LogP contribution is 2.28. The predicted octanol–water partition coefficient (Wildman–Crippen LogP) is 3.03. The molecule has 0 aliphatic rings. The molecule has 0 aliphatic carbocycles. The largest absolute Gasteiger partial charge is 0.492 e. The monoisotopic (exact) mass is 358 g/mol. The lowest BCUT2D eigenvalue weighted by Crippen LogP contribution is -2.36. The summed E-state index contributed by atoms with van der Waals surface area (Å²) < 4.78 is 6.25. The lowest BCUT2D eigenvalue weighted by Gasteiger charge is -2.21. The van der Waals surface area contributed by atoms with Gasteiger partial charge in [0.25, 0.3) is 0 Å². The summed E-state index contributed by atoms with van der Waals surface area (Å²) in [5, 5.41) is 11.6. The molecule has 1 aromatic rings. The van der Waals surface area contributed by atoms with Crippen molar-refractivity contribution < 1.29 is 19.4 Å². The molecule has 0 spiro atoms. The summed E-state index contributed by atoms with van der Waals surface area (Å²) in [6.45, 7) is 4.01. The van der Waals surface area contributed by atoms with Crippen LogP contribution in [0.1, 0.15) is 13.8 Å². The Morgan fingerprint density at radius 3 is 2.71 bits per heavy atom. The van der Waals surface area contributed by atoms with E-state index in [-0.39, 0.29) is 12.6 Å². The number of carboxylic acid groups (broad SMARTS) is 1. The first-order chi connectivity index (χ1) is 9.85. The summed E-state index contributed by atoms with van der Waals surface area (Å²) >= 11 is 3.34. The van der Waals surface area contributed by atoms with Crippen molar-refractivity contribution >= 4 is 33.6 Å². The molecule has 2 amide bonds. The molecular weight excluding hydrogens is 340 g/mol. The first-order valence-corrected chi connectivity index (χ1v) is 7.31. The van der Waals surface area contributed by atoms with Crippen molar-refractivity contribution in [1.82, 2.24) is 4.90 Å². The number of carbonyl (C=O) groups is 2. The number of aliphatic carboxylic acids is 1.